The minimum atomic E-state index is -4.49. The van der Waals surface area contributed by atoms with E-state index in [1.807, 2.05) is 0 Å². The van der Waals surface area contributed by atoms with Crippen LogP contribution in [0.4, 0.5) is 13.2 Å². The molecule has 2 aromatic rings. The minimum Gasteiger partial charge on any atom is -0.472 e. The van der Waals surface area contributed by atoms with E-state index in [-0.39, 0.29) is 17.9 Å². The lowest BCUT2D eigenvalue weighted by atomic mass is 9.91. The first-order chi connectivity index (χ1) is 11.2. The largest absolute Gasteiger partial charge is 0.472 e. The Hall–Kier alpha value is -2.28. The van der Waals surface area contributed by atoms with E-state index < -0.39 is 23.9 Å². The topological polar surface area (TPSA) is 62.5 Å². The van der Waals surface area contributed by atoms with E-state index in [1.54, 1.807) is 6.07 Å². The van der Waals surface area contributed by atoms with Gasteiger partial charge in [0.15, 0.2) is 0 Å². The highest BCUT2D eigenvalue weighted by atomic mass is 19.4. The molecule has 1 unspecified atom stereocenters. The molecular weight excluding hydrogens is 323 g/mol. The van der Waals surface area contributed by atoms with Gasteiger partial charge in [0.25, 0.3) is 0 Å². The van der Waals surface area contributed by atoms with Crippen LogP contribution in [0.2, 0.25) is 0 Å². The van der Waals surface area contributed by atoms with Crippen LogP contribution in [0, 0.1) is 0 Å². The fourth-order valence-corrected chi connectivity index (χ4v) is 2.30. The molecular formula is C17H18F3NO3. The minimum absolute atomic E-state index is 0.133. The monoisotopic (exact) mass is 341 g/mol. The summed E-state index contributed by atoms with van der Waals surface area (Å²) in [4.78, 5) is 12.1. The van der Waals surface area contributed by atoms with Crippen molar-refractivity contribution in [2.45, 2.75) is 31.5 Å². The molecule has 1 heterocycles. The van der Waals surface area contributed by atoms with Crippen LogP contribution in [0.3, 0.4) is 0 Å². The van der Waals surface area contributed by atoms with Crippen molar-refractivity contribution in [3.63, 3.8) is 0 Å². The Kier molecular flexibility index (Phi) is 5.33. The lowest BCUT2D eigenvalue weighted by Gasteiger charge is -2.30. The molecule has 2 rings (SSSR count). The van der Waals surface area contributed by atoms with Crippen LogP contribution in [0.15, 0.2) is 47.3 Å². The number of rotatable bonds is 6. The molecule has 1 amide bonds. The molecule has 0 fully saturated rings. The summed E-state index contributed by atoms with van der Waals surface area (Å²) in [6, 6.07) is 6.31. The SMILES string of the molecule is CC(CO)(NC(=O)CCc1ccoc1)c1cccc(C(F)(F)F)c1. The lowest BCUT2D eigenvalue weighted by molar-refractivity contribution is -0.137. The molecule has 24 heavy (non-hydrogen) atoms. The summed E-state index contributed by atoms with van der Waals surface area (Å²) in [6.07, 6.45) is -0.906. The van der Waals surface area contributed by atoms with Crippen molar-refractivity contribution in [2.24, 2.45) is 0 Å². The summed E-state index contributed by atoms with van der Waals surface area (Å²) in [5, 5.41) is 12.2. The molecule has 0 saturated carbocycles. The van der Waals surface area contributed by atoms with Crippen molar-refractivity contribution in [1.82, 2.24) is 5.32 Å². The van der Waals surface area contributed by atoms with E-state index in [9.17, 15) is 23.1 Å². The number of aliphatic hydroxyl groups is 1. The number of carbonyl (C=O) groups excluding carboxylic acids is 1. The standard InChI is InChI=1S/C17H18F3NO3/c1-16(11-22,13-3-2-4-14(9-13)17(18,19)20)21-15(23)6-5-12-7-8-24-10-12/h2-4,7-10,22H,5-6,11H2,1H3,(H,21,23). The second-order valence-corrected chi connectivity index (χ2v) is 5.75. The maximum Gasteiger partial charge on any atom is 0.416 e. The van der Waals surface area contributed by atoms with E-state index >= 15 is 0 Å². The summed E-state index contributed by atoms with van der Waals surface area (Å²) in [6.45, 7) is 0.962. The van der Waals surface area contributed by atoms with Crippen molar-refractivity contribution in [3.05, 3.63) is 59.5 Å². The Morgan fingerprint density at radius 3 is 2.54 bits per heavy atom. The zero-order chi connectivity index (χ0) is 17.8. The summed E-state index contributed by atoms with van der Waals surface area (Å²) in [5.41, 5.74) is -1.09. The molecule has 1 aromatic heterocycles. The number of halogens is 3. The van der Waals surface area contributed by atoms with Crippen LogP contribution in [0.1, 0.15) is 30.0 Å². The van der Waals surface area contributed by atoms with Gasteiger partial charge in [-0.25, -0.2) is 0 Å². The van der Waals surface area contributed by atoms with Crippen molar-refractivity contribution < 1.29 is 27.5 Å². The Morgan fingerprint density at radius 1 is 1.25 bits per heavy atom. The van der Waals surface area contributed by atoms with Crippen molar-refractivity contribution >= 4 is 5.91 Å². The lowest BCUT2D eigenvalue weighted by Crippen LogP contribution is -2.46. The summed E-state index contributed by atoms with van der Waals surface area (Å²) in [5.74, 6) is -0.370. The molecule has 1 atom stereocenters. The van der Waals surface area contributed by atoms with Gasteiger partial charge in [0.2, 0.25) is 5.91 Å². The molecule has 0 spiro atoms. The van der Waals surface area contributed by atoms with E-state index in [4.69, 9.17) is 4.42 Å². The molecule has 7 heteroatoms. The molecule has 0 saturated heterocycles. The van der Waals surface area contributed by atoms with Gasteiger partial charge in [-0.3, -0.25) is 4.79 Å². The third-order valence-electron chi connectivity index (χ3n) is 3.78. The number of aliphatic hydroxyl groups excluding tert-OH is 1. The van der Waals surface area contributed by atoms with Gasteiger partial charge in [0.1, 0.15) is 0 Å². The number of amides is 1. The van der Waals surface area contributed by atoms with E-state index in [0.29, 0.717) is 6.42 Å². The van der Waals surface area contributed by atoms with Gasteiger partial charge < -0.3 is 14.8 Å². The molecule has 1 aromatic carbocycles. The van der Waals surface area contributed by atoms with Crippen LogP contribution in [0.25, 0.3) is 0 Å². The Labute approximate surface area is 137 Å². The van der Waals surface area contributed by atoms with Gasteiger partial charge in [-0.05, 0) is 42.7 Å². The average Bonchev–Trinajstić information content (AvgIpc) is 3.05. The number of alkyl halides is 3. The van der Waals surface area contributed by atoms with Gasteiger partial charge in [-0.15, -0.1) is 0 Å². The summed E-state index contributed by atoms with van der Waals surface area (Å²) in [7, 11) is 0. The third kappa shape index (κ3) is 4.38. The maximum atomic E-state index is 12.8. The van der Waals surface area contributed by atoms with E-state index in [0.717, 1.165) is 17.7 Å². The number of furan rings is 1. The summed E-state index contributed by atoms with van der Waals surface area (Å²) >= 11 is 0. The van der Waals surface area contributed by atoms with E-state index in [1.165, 1.54) is 31.6 Å². The molecule has 0 aliphatic heterocycles. The molecule has 4 nitrogen and oxygen atoms in total. The maximum absolute atomic E-state index is 12.8. The second-order valence-electron chi connectivity index (χ2n) is 5.75. The van der Waals surface area contributed by atoms with Crippen LogP contribution in [-0.4, -0.2) is 17.6 Å². The average molecular weight is 341 g/mol. The quantitative estimate of drug-likeness (QED) is 0.848. The van der Waals surface area contributed by atoms with Crippen molar-refractivity contribution in [1.29, 1.82) is 0 Å². The highest BCUT2D eigenvalue weighted by molar-refractivity contribution is 5.77. The summed E-state index contributed by atoms with van der Waals surface area (Å²) < 4.78 is 43.4. The molecule has 0 aliphatic rings. The molecule has 130 valence electrons. The highest BCUT2D eigenvalue weighted by Gasteiger charge is 2.34. The first kappa shape index (κ1) is 18.1. The van der Waals surface area contributed by atoms with Gasteiger partial charge in [-0.1, -0.05) is 12.1 Å². The van der Waals surface area contributed by atoms with Crippen LogP contribution in [0.5, 0.6) is 0 Å². The van der Waals surface area contributed by atoms with Crippen molar-refractivity contribution in [2.75, 3.05) is 6.61 Å². The molecule has 0 bridgehead atoms. The van der Waals surface area contributed by atoms with Crippen molar-refractivity contribution in [3.8, 4) is 0 Å². The second kappa shape index (κ2) is 7.09. The van der Waals surface area contributed by atoms with Crippen LogP contribution < -0.4 is 5.32 Å². The van der Waals surface area contributed by atoms with Gasteiger partial charge in [0, 0.05) is 6.42 Å². The van der Waals surface area contributed by atoms with Gasteiger partial charge in [0.05, 0.1) is 30.2 Å². The fraction of sp³-hybridized carbons (Fsp3) is 0.353. The Morgan fingerprint density at radius 2 is 1.96 bits per heavy atom. The fourth-order valence-electron chi connectivity index (χ4n) is 2.30. The molecule has 0 aliphatic carbocycles. The zero-order valence-corrected chi connectivity index (χ0v) is 13.1. The third-order valence-corrected chi connectivity index (χ3v) is 3.78. The first-order valence-electron chi connectivity index (χ1n) is 7.35. The van der Waals surface area contributed by atoms with Crippen LogP contribution >= 0.6 is 0 Å². The predicted octanol–water partition coefficient (Wildman–Crippen LogP) is 3.25. The number of benzene rings is 1. The van der Waals surface area contributed by atoms with Gasteiger partial charge in [-0.2, -0.15) is 13.2 Å². The predicted molar refractivity (Wildman–Crippen MR) is 81.1 cm³/mol. The number of aryl methyl sites for hydroxylation is 1. The number of hydrogen-bond donors (Lipinski definition) is 2. The smallest absolute Gasteiger partial charge is 0.416 e. The van der Waals surface area contributed by atoms with Gasteiger partial charge >= 0.3 is 6.18 Å². The Balaban J connectivity index is 2.11. The number of hydrogen-bond acceptors (Lipinski definition) is 3. The zero-order valence-electron chi connectivity index (χ0n) is 13.1. The molecule has 0 radical (unpaired) electrons. The number of nitrogens with one attached hydrogen (secondary N) is 1. The number of carbonyl (C=O) groups is 1. The van der Waals surface area contributed by atoms with Crippen LogP contribution in [-0.2, 0) is 22.9 Å². The molecule has 2 N–H and O–H groups in total. The Bertz CT molecular complexity index is 683. The van der Waals surface area contributed by atoms with E-state index in [2.05, 4.69) is 5.32 Å². The normalized spacial score (nSPS) is 14.2. The highest BCUT2D eigenvalue weighted by Crippen LogP contribution is 2.32. The first-order valence-corrected chi connectivity index (χ1v) is 7.35.